The Balaban J connectivity index is 0.000000333. The molecule has 0 aliphatic carbocycles. The van der Waals surface area contributed by atoms with E-state index in [4.69, 9.17) is 9.47 Å². The van der Waals surface area contributed by atoms with Gasteiger partial charge in [0, 0.05) is 6.07 Å². The molecule has 0 radical (unpaired) electrons. The van der Waals surface area contributed by atoms with Crippen molar-refractivity contribution in [3.63, 3.8) is 0 Å². The number of hydrogen-bond donors (Lipinski definition) is 2. The Morgan fingerprint density at radius 1 is 0.633 bits per heavy atom. The minimum absolute atomic E-state index is 0. The van der Waals surface area contributed by atoms with E-state index in [0.717, 1.165) is 73.6 Å². The summed E-state index contributed by atoms with van der Waals surface area (Å²) in [7, 11) is -9.15. The molecule has 260 valence electrons. The van der Waals surface area contributed by atoms with Crippen LogP contribution in [0.4, 0.5) is 0 Å². The Labute approximate surface area is 319 Å². The average molecular weight is 739 g/mol. The van der Waals surface area contributed by atoms with E-state index in [2.05, 4.69) is 13.8 Å². The van der Waals surface area contributed by atoms with Gasteiger partial charge in [-0.2, -0.15) is 8.42 Å². The van der Waals surface area contributed by atoms with Gasteiger partial charge in [0.2, 0.25) is 0 Å². The molecular weight excluding hydrogens is 697 g/mol. The van der Waals surface area contributed by atoms with Crippen LogP contribution in [0.2, 0.25) is 0 Å². The van der Waals surface area contributed by atoms with Gasteiger partial charge in [0.1, 0.15) is 38.0 Å². The van der Waals surface area contributed by atoms with Crippen LogP contribution in [-0.2, 0) is 33.1 Å². The van der Waals surface area contributed by atoms with Gasteiger partial charge in [0.15, 0.2) is 5.75 Å². The van der Waals surface area contributed by atoms with E-state index in [-0.39, 0.29) is 59.9 Å². The molecule has 0 aliphatic heterocycles. The maximum absolute atomic E-state index is 11.5. The summed E-state index contributed by atoms with van der Waals surface area (Å²) in [6.07, 6.45) is 11.0. The first kappa shape index (κ1) is 42.3. The van der Waals surface area contributed by atoms with E-state index >= 15 is 0 Å². The van der Waals surface area contributed by atoms with Gasteiger partial charge >= 0.3 is 37.7 Å². The Hall–Kier alpha value is -2.84. The molecule has 0 aliphatic rings. The number of rotatable bonds is 16. The molecule has 0 saturated carbocycles. The summed E-state index contributed by atoms with van der Waals surface area (Å²) in [5.74, 6) is -0.0560. The predicted molar refractivity (Wildman–Crippen MR) is 186 cm³/mol. The zero-order valence-electron chi connectivity index (χ0n) is 27.8. The summed E-state index contributed by atoms with van der Waals surface area (Å²) in [5, 5.41) is 21.0. The molecule has 0 atom stereocenters. The van der Waals surface area contributed by atoms with Crippen molar-refractivity contribution in [3.8, 4) is 34.5 Å². The fourth-order valence-electron chi connectivity index (χ4n) is 4.86. The molecule has 4 aromatic rings. The normalized spacial score (nSPS) is 11.2. The third kappa shape index (κ3) is 14.9. The van der Waals surface area contributed by atoms with Crippen LogP contribution in [0.25, 0.3) is 0 Å². The molecular formula is C36H42CaO10S2. The predicted octanol–water partition coefficient (Wildman–Crippen LogP) is 7.75. The van der Waals surface area contributed by atoms with Crippen LogP contribution in [0.1, 0.15) is 76.3 Å². The summed E-state index contributed by atoms with van der Waals surface area (Å²) in [4.78, 5) is -0.913. The fourth-order valence-corrected chi connectivity index (χ4v) is 6.04. The van der Waals surface area contributed by atoms with Crippen molar-refractivity contribution in [2.24, 2.45) is 0 Å². The van der Waals surface area contributed by atoms with Crippen LogP contribution in [-0.4, -0.2) is 68.8 Å². The largest absolute Gasteiger partial charge is 2.00 e. The summed E-state index contributed by atoms with van der Waals surface area (Å²) in [6.45, 7) is 4.32. The quantitative estimate of drug-likeness (QED) is 0.0657. The van der Waals surface area contributed by atoms with Gasteiger partial charge < -0.3 is 24.2 Å². The van der Waals surface area contributed by atoms with Crippen molar-refractivity contribution in [1.82, 2.24) is 0 Å². The molecule has 0 unspecified atom stereocenters. The number of unbranched alkanes of at least 4 members (excludes halogenated alkanes) is 6. The molecule has 0 aromatic heterocycles. The van der Waals surface area contributed by atoms with Gasteiger partial charge in [0.25, 0.3) is 10.1 Å². The van der Waals surface area contributed by atoms with Gasteiger partial charge in [-0.1, -0.05) is 82.7 Å². The molecule has 10 nitrogen and oxygen atoms in total. The van der Waals surface area contributed by atoms with Crippen LogP contribution in [0, 0.1) is 0 Å². The van der Waals surface area contributed by atoms with E-state index in [1.165, 1.54) is 38.2 Å². The van der Waals surface area contributed by atoms with E-state index in [1.807, 2.05) is 24.3 Å². The summed E-state index contributed by atoms with van der Waals surface area (Å²) in [6, 6.07) is 21.1. The third-order valence-electron chi connectivity index (χ3n) is 7.28. The van der Waals surface area contributed by atoms with Crippen molar-refractivity contribution >= 4 is 58.0 Å². The SMILES string of the molecule is CCCCCCc1cccc(Oc2cc(O)ccc2S(=O)(=O)O)c1.CCCCCCc1cccc(Oc2cc([O-])ccc2S(=O)(=O)[O-])c1.[Ca+2]. The number of ether oxygens (including phenoxy) is 2. The molecule has 0 fully saturated rings. The first-order valence-corrected chi connectivity index (χ1v) is 18.8. The van der Waals surface area contributed by atoms with Crippen molar-refractivity contribution in [2.45, 2.75) is 87.8 Å². The minimum atomic E-state index is -4.71. The molecule has 0 spiro atoms. The van der Waals surface area contributed by atoms with Gasteiger partial charge in [-0.3, -0.25) is 4.55 Å². The topological polar surface area (TPSA) is 173 Å². The van der Waals surface area contributed by atoms with Crippen LogP contribution in [0.3, 0.4) is 0 Å². The second-order valence-electron chi connectivity index (χ2n) is 11.3. The number of phenols is 1. The minimum Gasteiger partial charge on any atom is -0.872 e. The van der Waals surface area contributed by atoms with Crippen LogP contribution in [0.5, 0.6) is 34.5 Å². The molecule has 49 heavy (non-hydrogen) atoms. The monoisotopic (exact) mass is 738 g/mol. The van der Waals surface area contributed by atoms with Crippen molar-refractivity contribution in [1.29, 1.82) is 0 Å². The maximum Gasteiger partial charge on any atom is 2.00 e. The van der Waals surface area contributed by atoms with Crippen molar-refractivity contribution < 1.29 is 45.6 Å². The second-order valence-corrected chi connectivity index (χ2v) is 14.0. The molecule has 0 amide bonds. The van der Waals surface area contributed by atoms with Crippen molar-refractivity contribution in [3.05, 3.63) is 96.1 Å². The van der Waals surface area contributed by atoms with Crippen LogP contribution < -0.4 is 14.6 Å². The van der Waals surface area contributed by atoms with Crippen LogP contribution in [0.15, 0.2) is 94.7 Å². The number of aryl methyl sites for hydroxylation is 2. The van der Waals surface area contributed by atoms with E-state index < -0.39 is 30.9 Å². The zero-order chi connectivity index (χ0) is 35.2. The Morgan fingerprint density at radius 2 is 1.12 bits per heavy atom. The van der Waals surface area contributed by atoms with E-state index in [9.17, 15) is 36.2 Å². The van der Waals surface area contributed by atoms with E-state index in [0.29, 0.717) is 11.5 Å². The van der Waals surface area contributed by atoms with E-state index in [1.54, 1.807) is 24.3 Å². The summed E-state index contributed by atoms with van der Waals surface area (Å²) >= 11 is 0. The van der Waals surface area contributed by atoms with Gasteiger partial charge in [-0.05, 0) is 85.3 Å². The molecule has 4 aromatic carbocycles. The smallest absolute Gasteiger partial charge is 0.872 e. The van der Waals surface area contributed by atoms with Crippen molar-refractivity contribution in [2.75, 3.05) is 0 Å². The standard InChI is InChI=1S/2C18H22O5S.Ca/c2*1-2-3-4-5-7-14-8-6-9-16(12-14)23-17-13-15(19)10-11-18(17)24(20,21)22;/h2*6,8-13,19H,2-5,7H2,1H3,(H,20,21,22);/q;;+2/p-2. The van der Waals surface area contributed by atoms with Crippen LogP contribution >= 0.6 is 0 Å². The Morgan fingerprint density at radius 3 is 1.59 bits per heavy atom. The number of aromatic hydroxyl groups is 1. The number of benzene rings is 4. The third-order valence-corrected chi connectivity index (χ3v) is 9.05. The first-order chi connectivity index (χ1) is 22.8. The van der Waals surface area contributed by atoms with Gasteiger partial charge in [-0.25, -0.2) is 8.42 Å². The summed E-state index contributed by atoms with van der Waals surface area (Å²) in [5.41, 5.74) is 2.16. The Kier molecular flexibility index (Phi) is 17.9. The van der Waals surface area contributed by atoms with Gasteiger partial charge in [-0.15, -0.1) is 5.75 Å². The fraction of sp³-hybridized carbons (Fsp3) is 0.333. The maximum atomic E-state index is 11.5. The van der Waals surface area contributed by atoms with Gasteiger partial charge in [0.05, 0.1) is 4.90 Å². The zero-order valence-corrected chi connectivity index (χ0v) is 31.7. The average Bonchev–Trinajstić information content (AvgIpc) is 3.01. The molecule has 0 heterocycles. The molecule has 0 saturated heterocycles. The Bertz CT molecular complexity index is 1710. The second kappa shape index (κ2) is 20.7. The first-order valence-electron chi connectivity index (χ1n) is 15.9. The number of hydrogen-bond acceptors (Lipinski definition) is 9. The summed E-state index contributed by atoms with van der Waals surface area (Å²) < 4.78 is 77.1. The molecule has 4 rings (SSSR count). The molecule has 2 N–H and O–H groups in total. The molecule has 0 bridgehead atoms. The molecule has 13 heteroatoms. The number of phenolic OH excluding ortho intramolecular Hbond substituents is 1.